The maximum Gasteiger partial charge on any atom is 0.336 e. The average molecular weight is 473 g/mol. The first-order chi connectivity index (χ1) is 16.8. The van der Waals surface area contributed by atoms with Crippen molar-refractivity contribution in [2.45, 2.75) is 25.5 Å². The van der Waals surface area contributed by atoms with E-state index in [-0.39, 0.29) is 12.2 Å². The number of carbonyl (C=O) groups is 2. The molecule has 0 saturated heterocycles. The van der Waals surface area contributed by atoms with Crippen LogP contribution in [0.15, 0.2) is 88.1 Å². The van der Waals surface area contributed by atoms with Gasteiger partial charge in [0.15, 0.2) is 6.10 Å². The van der Waals surface area contributed by atoms with Crippen molar-refractivity contribution < 1.29 is 29.0 Å². The summed E-state index contributed by atoms with van der Waals surface area (Å²) in [6, 6.07) is 20.7. The maximum atomic E-state index is 12.7. The van der Waals surface area contributed by atoms with Gasteiger partial charge in [0.2, 0.25) is 0 Å². The Balaban J connectivity index is 1.50. The van der Waals surface area contributed by atoms with Gasteiger partial charge in [-0.25, -0.2) is 9.59 Å². The fourth-order valence-electron chi connectivity index (χ4n) is 3.69. The van der Waals surface area contributed by atoms with E-state index in [2.05, 4.69) is 5.32 Å². The monoisotopic (exact) mass is 473 g/mol. The molecule has 35 heavy (non-hydrogen) atoms. The van der Waals surface area contributed by atoms with Crippen molar-refractivity contribution in [2.75, 3.05) is 0 Å². The zero-order chi connectivity index (χ0) is 24.9. The third-order valence-electron chi connectivity index (χ3n) is 5.47. The lowest BCUT2D eigenvalue weighted by Crippen LogP contribution is -2.47. The van der Waals surface area contributed by atoms with Crippen LogP contribution in [0.3, 0.4) is 0 Å². The van der Waals surface area contributed by atoms with Gasteiger partial charge in [-0.3, -0.25) is 4.79 Å². The number of fused-ring (bicyclic) bond motifs is 1. The second kappa shape index (κ2) is 10.1. The molecule has 0 spiro atoms. The van der Waals surface area contributed by atoms with Crippen LogP contribution in [0, 0.1) is 0 Å². The van der Waals surface area contributed by atoms with E-state index in [1.165, 1.54) is 31.2 Å². The molecule has 8 heteroatoms. The molecule has 4 aromatic rings. The van der Waals surface area contributed by atoms with Gasteiger partial charge < -0.3 is 24.7 Å². The number of hydrogen-bond acceptors (Lipinski definition) is 6. The third kappa shape index (κ3) is 5.67. The molecule has 4 rings (SSSR count). The maximum absolute atomic E-state index is 12.7. The van der Waals surface area contributed by atoms with Crippen LogP contribution in [0.2, 0.25) is 0 Å². The summed E-state index contributed by atoms with van der Waals surface area (Å²) in [5, 5.41) is 22.1. The molecule has 0 radical (unpaired) electrons. The third-order valence-corrected chi connectivity index (χ3v) is 5.47. The number of rotatable bonds is 8. The highest BCUT2D eigenvalue weighted by molar-refractivity contribution is 5.94. The predicted octanol–water partition coefficient (Wildman–Crippen LogP) is 3.75. The van der Waals surface area contributed by atoms with Crippen molar-refractivity contribution in [2.24, 2.45) is 0 Å². The molecule has 1 heterocycles. The van der Waals surface area contributed by atoms with Crippen LogP contribution >= 0.6 is 0 Å². The molecule has 0 unspecified atom stereocenters. The van der Waals surface area contributed by atoms with Crippen molar-refractivity contribution in [3.8, 4) is 22.6 Å². The largest absolute Gasteiger partial charge is 0.508 e. The summed E-state index contributed by atoms with van der Waals surface area (Å²) in [7, 11) is 0. The van der Waals surface area contributed by atoms with Crippen LogP contribution in [-0.4, -0.2) is 34.2 Å². The molecule has 1 aromatic heterocycles. The smallest absolute Gasteiger partial charge is 0.336 e. The van der Waals surface area contributed by atoms with Crippen molar-refractivity contribution >= 4 is 22.8 Å². The van der Waals surface area contributed by atoms with E-state index in [4.69, 9.17) is 9.15 Å². The molecule has 1 amide bonds. The minimum Gasteiger partial charge on any atom is -0.508 e. The molecule has 0 bridgehead atoms. The lowest BCUT2D eigenvalue weighted by molar-refractivity contribution is -0.142. The highest BCUT2D eigenvalue weighted by Crippen LogP contribution is 2.29. The van der Waals surface area contributed by atoms with E-state index < -0.39 is 29.6 Å². The number of ether oxygens (including phenoxy) is 1. The Morgan fingerprint density at radius 2 is 1.71 bits per heavy atom. The minimum atomic E-state index is -1.19. The van der Waals surface area contributed by atoms with Crippen LogP contribution in [0.4, 0.5) is 0 Å². The van der Waals surface area contributed by atoms with E-state index in [9.17, 15) is 24.6 Å². The molecule has 0 fully saturated rings. The van der Waals surface area contributed by atoms with Gasteiger partial charge >= 0.3 is 11.6 Å². The predicted molar refractivity (Wildman–Crippen MR) is 129 cm³/mol. The molecular weight excluding hydrogens is 450 g/mol. The zero-order valence-electron chi connectivity index (χ0n) is 18.8. The number of carboxylic acid groups (broad SMARTS) is 1. The number of amides is 1. The van der Waals surface area contributed by atoms with Gasteiger partial charge in [-0.2, -0.15) is 0 Å². The number of carbonyl (C=O) groups excluding carboxylic acids is 1. The first-order valence-electron chi connectivity index (χ1n) is 10.9. The van der Waals surface area contributed by atoms with Crippen molar-refractivity contribution in [3.63, 3.8) is 0 Å². The molecule has 8 nitrogen and oxygen atoms in total. The fourth-order valence-corrected chi connectivity index (χ4v) is 3.69. The molecule has 3 N–H and O–H groups in total. The Kier molecular flexibility index (Phi) is 6.82. The standard InChI is InChI=1S/C27H23NO7/c1-16(26(31)28-23(27(32)33)13-17-7-9-19(29)10-8-17)34-20-11-12-21-22(18-5-3-2-4-6-18)15-25(30)35-24(21)14-20/h2-12,14-16,23,29H,13H2,1H3,(H,28,31)(H,32,33)/t16-,23-/m1/s1. The van der Waals surface area contributed by atoms with Crippen molar-refractivity contribution in [1.82, 2.24) is 5.32 Å². The normalized spacial score (nSPS) is 12.6. The van der Waals surface area contributed by atoms with E-state index in [0.717, 1.165) is 5.56 Å². The summed E-state index contributed by atoms with van der Waals surface area (Å²) in [6.07, 6.45) is -0.976. The number of phenolic OH excluding ortho intramolecular Hbond substituents is 1. The number of hydrogen-bond donors (Lipinski definition) is 3. The number of nitrogens with one attached hydrogen (secondary N) is 1. The van der Waals surface area contributed by atoms with Gasteiger partial charge in [0, 0.05) is 23.9 Å². The van der Waals surface area contributed by atoms with E-state index in [1.54, 1.807) is 24.3 Å². The van der Waals surface area contributed by atoms with Gasteiger partial charge in [0.05, 0.1) is 0 Å². The number of aliphatic carboxylic acids is 1. The Bertz CT molecular complexity index is 1410. The summed E-state index contributed by atoms with van der Waals surface area (Å²) in [6.45, 7) is 1.50. The molecule has 0 aliphatic heterocycles. The van der Waals surface area contributed by atoms with Crippen LogP contribution < -0.4 is 15.7 Å². The second-order valence-corrected chi connectivity index (χ2v) is 8.03. The Morgan fingerprint density at radius 1 is 1.00 bits per heavy atom. The molecule has 178 valence electrons. The minimum absolute atomic E-state index is 0.0392. The van der Waals surface area contributed by atoms with Gasteiger partial charge in [0.1, 0.15) is 23.1 Å². The van der Waals surface area contributed by atoms with Crippen LogP contribution in [0.1, 0.15) is 12.5 Å². The van der Waals surface area contributed by atoms with Gasteiger partial charge in [-0.15, -0.1) is 0 Å². The Hall–Kier alpha value is -4.59. The van der Waals surface area contributed by atoms with Crippen LogP contribution in [0.5, 0.6) is 11.5 Å². The zero-order valence-corrected chi connectivity index (χ0v) is 18.8. The SMILES string of the molecule is C[C@@H](Oc1ccc2c(-c3ccccc3)cc(=O)oc2c1)C(=O)N[C@H](Cc1ccc(O)cc1)C(=O)O. The first kappa shape index (κ1) is 23.6. The summed E-state index contributed by atoms with van der Waals surface area (Å²) < 4.78 is 11.1. The lowest BCUT2D eigenvalue weighted by Gasteiger charge is -2.19. The van der Waals surface area contributed by atoms with E-state index in [0.29, 0.717) is 27.8 Å². The first-order valence-corrected chi connectivity index (χ1v) is 10.9. The molecule has 3 aromatic carbocycles. The van der Waals surface area contributed by atoms with Gasteiger partial charge in [-0.1, -0.05) is 42.5 Å². The van der Waals surface area contributed by atoms with Crippen molar-refractivity contribution in [1.29, 1.82) is 0 Å². The number of aromatic hydroxyl groups is 1. The van der Waals surface area contributed by atoms with E-state index in [1.807, 2.05) is 30.3 Å². The summed E-state index contributed by atoms with van der Waals surface area (Å²) in [5.74, 6) is -1.46. The van der Waals surface area contributed by atoms with Crippen LogP contribution in [0.25, 0.3) is 22.1 Å². The summed E-state index contributed by atoms with van der Waals surface area (Å²) in [4.78, 5) is 36.5. The van der Waals surface area contributed by atoms with E-state index >= 15 is 0 Å². The number of benzene rings is 3. The molecule has 0 aliphatic carbocycles. The highest BCUT2D eigenvalue weighted by atomic mass is 16.5. The molecular formula is C27H23NO7. The summed E-state index contributed by atoms with van der Waals surface area (Å²) in [5.41, 5.74) is 2.01. The topological polar surface area (TPSA) is 126 Å². The summed E-state index contributed by atoms with van der Waals surface area (Å²) >= 11 is 0. The van der Waals surface area contributed by atoms with Gasteiger partial charge in [0.25, 0.3) is 5.91 Å². The van der Waals surface area contributed by atoms with Gasteiger partial charge in [-0.05, 0) is 47.9 Å². The fraction of sp³-hybridized carbons (Fsp3) is 0.148. The number of phenols is 1. The molecule has 0 saturated carbocycles. The number of carboxylic acids is 1. The highest BCUT2D eigenvalue weighted by Gasteiger charge is 2.24. The molecule has 2 atom stereocenters. The Labute approximate surface area is 200 Å². The lowest BCUT2D eigenvalue weighted by atomic mass is 10.0. The van der Waals surface area contributed by atoms with Crippen LogP contribution in [-0.2, 0) is 16.0 Å². The molecule has 0 aliphatic rings. The quantitative estimate of drug-likeness (QED) is 0.333. The van der Waals surface area contributed by atoms with Crippen molar-refractivity contribution in [3.05, 3.63) is 94.8 Å². The average Bonchev–Trinajstić information content (AvgIpc) is 2.84. The second-order valence-electron chi connectivity index (χ2n) is 8.03. The Morgan fingerprint density at radius 3 is 2.40 bits per heavy atom.